The molecule has 0 spiro atoms. The number of amides is 2. The van der Waals surface area contributed by atoms with E-state index in [0.717, 1.165) is 12.1 Å². The van der Waals surface area contributed by atoms with E-state index < -0.39 is 29.7 Å². The lowest BCUT2D eigenvalue weighted by molar-refractivity contribution is -0.137. The van der Waals surface area contributed by atoms with Crippen LogP contribution in [0.25, 0.3) is 5.57 Å². The van der Waals surface area contributed by atoms with Crippen LogP contribution in [-0.2, 0) is 26.9 Å². The van der Waals surface area contributed by atoms with Crippen molar-refractivity contribution < 1.29 is 37.3 Å². The first-order chi connectivity index (χ1) is 19.2. The number of fused-ring (bicyclic) bond motifs is 1. The van der Waals surface area contributed by atoms with Crippen LogP contribution in [0.15, 0.2) is 85.0 Å². The summed E-state index contributed by atoms with van der Waals surface area (Å²) >= 11 is 0. The molecule has 1 heterocycles. The third-order valence-electron chi connectivity index (χ3n) is 6.15. The zero-order chi connectivity index (χ0) is 28.7. The van der Waals surface area contributed by atoms with Gasteiger partial charge in [-0.3, -0.25) is 9.59 Å². The summed E-state index contributed by atoms with van der Waals surface area (Å²) in [6.45, 7) is 0.789. The minimum atomic E-state index is -4.46. The first kappa shape index (κ1) is 28.6. The van der Waals surface area contributed by atoms with E-state index in [4.69, 9.17) is 9.47 Å². The van der Waals surface area contributed by atoms with Crippen molar-refractivity contribution >= 4 is 28.8 Å². The third kappa shape index (κ3) is 7.16. The van der Waals surface area contributed by atoms with Gasteiger partial charge in [-0.1, -0.05) is 42.5 Å². The molecule has 3 aromatic rings. The number of rotatable bonds is 9. The molecule has 0 bridgehead atoms. The Balaban J connectivity index is 1.57. The molecule has 2 amide bonds. The second kappa shape index (κ2) is 12.6. The number of nitrogens with one attached hydrogen (secondary N) is 2. The van der Waals surface area contributed by atoms with Gasteiger partial charge in [-0.2, -0.15) is 13.2 Å². The Morgan fingerprint density at radius 3 is 2.38 bits per heavy atom. The maximum atomic E-state index is 13.1. The Morgan fingerprint density at radius 1 is 1.05 bits per heavy atom. The molecule has 3 N–H and O–H groups in total. The molecule has 0 saturated carbocycles. The SMILES string of the molecule is COCCOc1ccc(C(=CC=CC(=O)Nc2cccc3c2CC(O)C(=O)N3)c2ccc(C(F)(F)F)cc2)cc1. The number of allylic oxidation sites excluding steroid dienone is 2. The van der Waals surface area contributed by atoms with Gasteiger partial charge in [0.05, 0.1) is 12.2 Å². The minimum absolute atomic E-state index is 0.0600. The second-order valence-corrected chi connectivity index (χ2v) is 8.91. The zero-order valence-corrected chi connectivity index (χ0v) is 21.5. The number of alkyl halides is 3. The molecule has 0 aromatic heterocycles. The molecule has 1 unspecified atom stereocenters. The van der Waals surface area contributed by atoms with Gasteiger partial charge in [0.1, 0.15) is 18.5 Å². The van der Waals surface area contributed by atoms with Crippen molar-refractivity contribution in [1.29, 1.82) is 0 Å². The summed E-state index contributed by atoms with van der Waals surface area (Å²) in [6.07, 6.45) is -1.21. The molecule has 0 saturated heterocycles. The third-order valence-corrected chi connectivity index (χ3v) is 6.15. The van der Waals surface area contributed by atoms with E-state index in [1.165, 1.54) is 24.3 Å². The average Bonchev–Trinajstić information content (AvgIpc) is 2.92. The smallest absolute Gasteiger partial charge is 0.416 e. The summed E-state index contributed by atoms with van der Waals surface area (Å²) in [5.74, 6) is -0.369. The van der Waals surface area contributed by atoms with Gasteiger partial charge in [0, 0.05) is 36.5 Å². The number of hydrogen-bond donors (Lipinski definition) is 3. The average molecular weight is 553 g/mol. The highest BCUT2D eigenvalue weighted by atomic mass is 19.4. The molecular weight excluding hydrogens is 525 g/mol. The van der Waals surface area contributed by atoms with E-state index in [9.17, 15) is 27.9 Å². The number of carbonyl (C=O) groups excluding carboxylic acids is 2. The fraction of sp³-hybridized carbons (Fsp3) is 0.200. The van der Waals surface area contributed by atoms with Gasteiger partial charge in [-0.15, -0.1) is 0 Å². The van der Waals surface area contributed by atoms with Crippen molar-refractivity contribution in [3.05, 3.63) is 107 Å². The summed E-state index contributed by atoms with van der Waals surface area (Å²) in [4.78, 5) is 24.4. The van der Waals surface area contributed by atoms with E-state index in [1.54, 1.807) is 55.7 Å². The molecule has 10 heteroatoms. The van der Waals surface area contributed by atoms with Gasteiger partial charge in [0.2, 0.25) is 5.91 Å². The highest BCUT2D eigenvalue weighted by molar-refractivity contribution is 6.03. The van der Waals surface area contributed by atoms with E-state index in [0.29, 0.717) is 52.6 Å². The molecule has 0 radical (unpaired) electrons. The Bertz CT molecular complexity index is 1410. The molecule has 1 atom stereocenters. The molecule has 1 aliphatic rings. The van der Waals surface area contributed by atoms with Crippen LogP contribution in [0.1, 0.15) is 22.3 Å². The molecule has 208 valence electrons. The van der Waals surface area contributed by atoms with Gasteiger partial charge in [0.15, 0.2) is 0 Å². The summed E-state index contributed by atoms with van der Waals surface area (Å²) in [6, 6.07) is 16.8. The van der Waals surface area contributed by atoms with Gasteiger partial charge < -0.3 is 25.2 Å². The fourth-order valence-electron chi connectivity index (χ4n) is 4.12. The molecule has 0 fully saturated rings. The Labute approximate surface area is 228 Å². The number of methoxy groups -OCH3 is 1. The summed E-state index contributed by atoms with van der Waals surface area (Å²) in [5, 5.41) is 15.3. The Hall–Kier alpha value is -4.41. The van der Waals surface area contributed by atoms with Crippen LogP contribution in [0, 0.1) is 0 Å². The standard InChI is InChI=1S/C30H27F3N2O5/c1-39-16-17-40-22-14-10-20(11-15-22)23(19-8-12-21(13-9-19)30(31,32)33)4-2-7-28(37)34-25-5-3-6-26-24(25)18-27(36)29(38)35-26/h2-15,27,36H,16-18H2,1H3,(H,34,37)(H,35,38). The summed E-state index contributed by atoms with van der Waals surface area (Å²) in [5.41, 5.74) is 2.60. The topological polar surface area (TPSA) is 96.9 Å². The molecule has 0 aliphatic carbocycles. The van der Waals surface area contributed by atoms with Crippen LogP contribution in [0.3, 0.4) is 0 Å². The maximum absolute atomic E-state index is 13.1. The second-order valence-electron chi connectivity index (χ2n) is 8.91. The minimum Gasteiger partial charge on any atom is -0.491 e. The van der Waals surface area contributed by atoms with Crippen LogP contribution in [0.5, 0.6) is 5.75 Å². The predicted octanol–water partition coefficient (Wildman–Crippen LogP) is 5.21. The highest BCUT2D eigenvalue weighted by Gasteiger charge is 2.30. The van der Waals surface area contributed by atoms with Crippen molar-refractivity contribution in [1.82, 2.24) is 0 Å². The molecule has 1 aliphatic heterocycles. The molecule has 40 heavy (non-hydrogen) atoms. The number of hydrogen-bond acceptors (Lipinski definition) is 5. The van der Waals surface area contributed by atoms with Crippen molar-refractivity contribution in [2.24, 2.45) is 0 Å². The van der Waals surface area contributed by atoms with Gasteiger partial charge in [-0.25, -0.2) is 0 Å². The lowest BCUT2D eigenvalue weighted by Crippen LogP contribution is -2.34. The predicted molar refractivity (Wildman–Crippen MR) is 145 cm³/mol. The van der Waals surface area contributed by atoms with E-state index >= 15 is 0 Å². The van der Waals surface area contributed by atoms with E-state index in [-0.39, 0.29) is 6.42 Å². The highest BCUT2D eigenvalue weighted by Crippen LogP contribution is 2.32. The number of halogens is 3. The maximum Gasteiger partial charge on any atom is 0.416 e. The van der Waals surface area contributed by atoms with E-state index in [1.807, 2.05) is 0 Å². The van der Waals surface area contributed by atoms with Crippen molar-refractivity contribution in [3.63, 3.8) is 0 Å². The quantitative estimate of drug-likeness (QED) is 0.192. The van der Waals surface area contributed by atoms with Crippen molar-refractivity contribution in [3.8, 4) is 5.75 Å². The number of aliphatic hydroxyl groups excluding tert-OH is 1. The first-order valence-corrected chi connectivity index (χ1v) is 12.4. The Morgan fingerprint density at radius 2 is 1.73 bits per heavy atom. The van der Waals surface area contributed by atoms with Crippen LogP contribution in [0.2, 0.25) is 0 Å². The molecule has 4 rings (SSSR count). The molecular formula is C30H27F3N2O5. The van der Waals surface area contributed by atoms with Crippen molar-refractivity contribution in [2.75, 3.05) is 31.0 Å². The lowest BCUT2D eigenvalue weighted by Gasteiger charge is -2.23. The molecule has 3 aromatic carbocycles. The van der Waals surface area contributed by atoms with Crippen LogP contribution < -0.4 is 15.4 Å². The monoisotopic (exact) mass is 552 g/mol. The fourth-order valence-corrected chi connectivity index (χ4v) is 4.12. The number of benzene rings is 3. The first-order valence-electron chi connectivity index (χ1n) is 12.4. The lowest BCUT2D eigenvalue weighted by atomic mass is 9.96. The normalized spacial score (nSPS) is 15.5. The summed E-state index contributed by atoms with van der Waals surface area (Å²) in [7, 11) is 1.57. The zero-order valence-electron chi connectivity index (χ0n) is 21.5. The van der Waals surface area contributed by atoms with Crippen LogP contribution >= 0.6 is 0 Å². The van der Waals surface area contributed by atoms with Crippen LogP contribution in [0.4, 0.5) is 24.5 Å². The van der Waals surface area contributed by atoms with Gasteiger partial charge >= 0.3 is 6.18 Å². The van der Waals surface area contributed by atoms with Gasteiger partial charge in [-0.05, 0) is 53.1 Å². The number of aliphatic hydroxyl groups is 1. The van der Waals surface area contributed by atoms with Crippen molar-refractivity contribution in [2.45, 2.75) is 18.7 Å². The Kier molecular flexibility index (Phi) is 9.03. The number of anilines is 2. The van der Waals surface area contributed by atoms with E-state index in [2.05, 4.69) is 10.6 Å². The number of carbonyl (C=O) groups is 2. The molecule has 7 nitrogen and oxygen atoms in total. The largest absolute Gasteiger partial charge is 0.491 e. The number of ether oxygens (including phenoxy) is 2. The summed E-state index contributed by atoms with van der Waals surface area (Å²) < 4.78 is 49.9. The van der Waals surface area contributed by atoms with Gasteiger partial charge in [0.25, 0.3) is 5.91 Å². The van der Waals surface area contributed by atoms with Crippen LogP contribution in [-0.4, -0.2) is 43.3 Å².